The highest BCUT2D eigenvalue weighted by Gasteiger charge is 2.28. The third kappa shape index (κ3) is 3.97. The highest BCUT2D eigenvalue weighted by Crippen LogP contribution is 2.19. The Morgan fingerprint density at radius 3 is 2.65 bits per heavy atom. The molecule has 1 saturated heterocycles. The van der Waals surface area contributed by atoms with Crippen molar-refractivity contribution in [2.45, 2.75) is 17.4 Å². The molecular formula is C11H13NO2S3. The van der Waals surface area contributed by atoms with Crippen LogP contribution in [0.5, 0.6) is 0 Å². The van der Waals surface area contributed by atoms with Gasteiger partial charge in [0.1, 0.15) is 4.32 Å². The Labute approximate surface area is 111 Å². The lowest BCUT2D eigenvalue weighted by molar-refractivity contribution is 0.600. The van der Waals surface area contributed by atoms with Crippen LogP contribution in [0.3, 0.4) is 0 Å². The van der Waals surface area contributed by atoms with E-state index in [-0.39, 0.29) is 17.5 Å². The molecule has 1 aromatic carbocycles. The molecule has 0 aliphatic carbocycles. The van der Waals surface area contributed by atoms with Crippen molar-refractivity contribution in [3.05, 3.63) is 30.3 Å². The predicted molar refractivity (Wildman–Crippen MR) is 75.1 cm³/mol. The Morgan fingerprint density at radius 1 is 1.35 bits per heavy atom. The van der Waals surface area contributed by atoms with Crippen LogP contribution in [0.25, 0.3) is 0 Å². The molecule has 6 heteroatoms. The number of thioether (sulfide) groups is 1. The van der Waals surface area contributed by atoms with Crippen LogP contribution in [-0.2, 0) is 9.84 Å². The number of hydrogen-bond acceptors (Lipinski definition) is 4. The molecule has 1 unspecified atom stereocenters. The highest BCUT2D eigenvalue weighted by molar-refractivity contribution is 8.23. The van der Waals surface area contributed by atoms with Gasteiger partial charge in [0.15, 0.2) is 9.84 Å². The van der Waals surface area contributed by atoms with Crippen LogP contribution in [0.1, 0.15) is 6.42 Å². The van der Waals surface area contributed by atoms with E-state index in [1.54, 1.807) is 0 Å². The molecule has 1 aliphatic rings. The second kappa shape index (κ2) is 5.37. The van der Waals surface area contributed by atoms with Crippen LogP contribution in [-0.4, -0.2) is 30.3 Å². The molecule has 0 amide bonds. The summed E-state index contributed by atoms with van der Waals surface area (Å²) < 4.78 is 23.2. The number of rotatable bonds is 2. The molecule has 0 spiro atoms. The van der Waals surface area contributed by atoms with E-state index in [1.165, 1.54) is 11.8 Å². The summed E-state index contributed by atoms with van der Waals surface area (Å²) in [6.45, 7) is 0. The maximum absolute atomic E-state index is 11.3. The molecule has 1 aliphatic heterocycles. The number of sulfone groups is 1. The zero-order valence-electron chi connectivity index (χ0n) is 9.13. The average molecular weight is 287 g/mol. The predicted octanol–water partition coefficient (Wildman–Crippen LogP) is 1.84. The minimum absolute atomic E-state index is 0.0243. The van der Waals surface area contributed by atoms with Gasteiger partial charge in [0.2, 0.25) is 0 Å². The van der Waals surface area contributed by atoms with E-state index in [0.717, 1.165) is 4.90 Å². The second-order valence-electron chi connectivity index (χ2n) is 3.95. The van der Waals surface area contributed by atoms with Crippen molar-refractivity contribution < 1.29 is 8.42 Å². The topological polar surface area (TPSA) is 46.2 Å². The second-order valence-corrected chi connectivity index (χ2v) is 7.93. The van der Waals surface area contributed by atoms with Crippen molar-refractivity contribution in [3.63, 3.8) is 0 Å². The summed E-state index contributed by atoms with van der Waals surface area (Å²) in [7, 11) is -2.85. The summed E-state index contributed by atoms with van der Waals surface area (Å²) in [5.41, 5.74) is 0. The van der Waals surface area contributed by atoms with Crippen LogP contribution in [0.15, 0.2) is 35.2 Å². The molecule has 0 saturated carbocycles. The lowest BCUT2D eigenvalue weighted by Crippen LogP contribution is -2.32. The molecule has 1 atom stereocenters. The molecule has 2 rings (SSSR count). The summed E-state index contributed by atoms with van der Waals surface area (Å²) >= 11 is 6.66. The van der Waals surface area contributed by atoms with Gasteiger partial charge < -0.3 is 5.32 Å². The average Bonchev–Trinajstić information content (AvgIpc) is 2.59. The Morgan fingerprint density at radius 2 is 2.06 bits per heavy atom. The minimum atomic E-state index is -2.85. The number of benzene rings is 1. The zero-order valence-corrected chi connectivity index (χ0v) is 11.6. The monoisotopic (exact) mass is 287 g/mol. The fourth-order valence-corrected chi connectivity index (χ4v) is 4.56. The van der Waals surface area contributed by atoms with Gasteiger partial charge in [-0.25, -0.2) is 8.42 Å². The molecule has 17 heavy (non-hydrogen) atoms. The van der Waals surface area contributed by atoms with Crippen molar-refractivity contribution >= 4 is 38.1 Å². The molecule has 0 aromatic heterocycles. The van der Waals surface area contributed by atoms with Crippen molar-refractivity contribution in [3.8, 4) is 0 Å². The molecule has 3 nitrogen and oxygen atoms in total. The Bertz CT molecular complexity index is 499. The molecule has 92 valence electrons. The van der Waals surface area contributed by atoms with Crippen molar-refractivity contribution in [2.75, 3.05) is 11.5 Å². The summed E-state index contributed by atoms with van der Waals surface area (Å²) in [4.78, 5) is 1.06. The van der Waals surface area contributed by atoms with Gasteiger partial charge in [-0.1, -0.05) is 42.2 Å². The Kier molecular flexibility index (Phi) is 4.06. The number of hydrogen-bond donors (Lipinski definition) is 1. The molecule has 1 aromatic rings. The lowest BCUT2D eigenvalue weighted by atomic mass is 10.3. The van der Waals surface area contributed by atoms with Gasteiger partial charge in [-0.15, -0.1) is 0 Å². The first-order valence-electron chi connectivity index (χ1n) is 5.29. The fourth-order valence-electron chi connectivity index (χ4n) is 1.70. The Balaban J connectivity index is 1.87. The van der Waals surface area contributed by atoms with Crippen molar-refractivity contribution in [1.29, 1.82) is 0 Å². The van der Waals surface area contributed by atoms with E-state index in [2.05, 4.69) is 5.32 Å². The van der Waals surface area contributed by atoms with Crippen LogP contribution in [0.2, 0.25) is 0 Å². The van der Waals surface area contributed by atoms with E-state index in [9.17, 15) is 8.42 Å². The van der Waals surface area contributed by atoms with Gasteiger partial charge >= 0.3 is 0 Å². The maximum atomic E-state index is 11.3. The summed E-state index contributed by atoms with van der Waals surface area (Å²) in [5, 5.41) is 3.10. The maximum Gasteiger partial charge on any atom is 0.152 e. The first kappa shape index (κ1) is 12.9. The lowest BCUT2D eigenvalue weighted by Gasteiger charge is -2.12. The molecule has 1 fully saturated rings. The first-order chi connectivity index (χ1) is 8.05. The van der Waals surface area contributed by atoms with Gasteiger partial charge in [0.05, 0.1) is 11.5 Å². The fraction of sp³-hybridized carbons (Fsp3) is 0.364. The SMILES string of the molecule is O=S1(=O)CCC(NC(=S)Sc2ccccc2)C1. The van der Waals surface area contributed by atoms with E-state index in [0.29, 0.717) is 10.7 Å². The molecule has 1 N–H and O–H groups in total. The van der Waals surface area contributed by atoms with Gasteiger partial charge in [0, 0.05) is 10.9 Å². The smallest absolute Gasteiger partial charge is 0.152 e. The summed E-state index contributed by atoms with van der Waals surface area (Å²) in [6, 6.07) is 9.78. The van der Waals surface area contributed by atoms with Gasteiger partial charge in [-0.05, 0) is 18.6 Å². The zero-order chi connectivity index (χ0) is 12.3. The molecule has 0 radical (unpaired) electrons. The van der Waals surface area contributed by atoms with E-state index in [4.69, 9.17) is 12.2 Å². The van der Waals surface area contributed by atoms with Crippen molar-refractivity contribution in [2.24, 2.45) is 0 Å². The quantitative estimate of drug-likeness (QED) is 0.664. The van der Waals surface area contributed by atoms with Crippen LogP contribution in [0.4, 0.5) is 0 Å². The number of thiocarbonyl (C=S) groups is 1. The molecule has 1 heterocycles. The molecular weight excluding hydrogens is 274 g/mol. The van der Waals surface area contributed by atoms with E-state index in [1.807, 2.05) is 30.3 Å². The van der Waals surface area contributed by atoms with Gasteiger partial charge in [-0.3, -0.25) is 0 Å². The first-order valence-corrected chi connectivity index (χ1v) is 8.34. The minimum Gasteiger partial charge on any atom is -0.367 e. The van der Waals surface area contributed by atoms with Crippen LogP contribution < -0.4 is 5.32 Å². The Hall–Kier alpha value is -0.590. The van der Waals surface area contributed by atoms with E-state index < -0.39 is 9.84 Å². The third-order valence-corrected chi connectivity index (χ3v) is 5.46. The number of nitrogens with one attached hydrogen (secondary N) is 1. The normalized spacial score (nSPS) is 22.2. The molecule has 0 bridgehead atoms. The van der Waals surface area contributed by atoms with Crippen LogP contribution >= 0.6 is 24.0 Å². The van der Waals surface area contributed by atoms with Gasteiger partial charge in [-0.2, -0.15) is 0 Å². The van der Waals surface area contributed by atoms with E-state index >= 15 is 0 Å². The third-order valence-electron chi connectivity index (χ3n) is 2.51. The van der Waals surface area contributed by atoms with Crippen LogP contribution in [0, 0.1) is 0 Å². The largest absolute Gasteiger partial charge is 0.367 e. The van der Waals surface area contributed by atoms with Crippen molar-refractivity contribution in [1.82, 2.24) is 5.32 Å². The highest BCUT2D eigenvalue weighted by atomic mass is 32.2. The van der Waals surface area contributed by atoms with Gasteiger partial charge in [0.25, 0.3) is 0 Å². The summed E-state index contributed by atoms with van der Waals surface area (Å²) in [6.07, 6.45) is 0.651. The summed E-state index contributed by atoms with van der Waals surface area (Å²) in [5.74, 6) is 0.464. The standard InChI is InChI=1S/C11H13NO2S3/c13-17(14)7-6-9(8-17)12-11(15)16-10-4-2-1-3-5-10/h1-5,9H,6-8H2,(H,12,15).